The quantitative estimate of drug-likeness (QED) is 0.0952. The van der Waals surface area contributed by atoms with E-state index in [0.717, 1.165) is 96.7 Å². The lowest BCUT2D eigenvalue weighted by Gasteiger charge is -2.31. The largest absolute Gasteiger partial charge is 0.416 e. The average molecular weight is 821 g/mol. The highest BCUT2D eigenvalue weighted by Crippen LogP contribution is 2.42. The number of hydrogen-bond donors (Lipinski definition) is 0. The number of alkyl halides is 6. The highest BCUT2D eigenvalue weighted by atomic mass is 19.4. The Kier molecular flexibility index (Phi) is 13.2. The number of benzene rings is 6. The summed E-state index contributed by atoms with van der Waals surface area (Å²) < 4.78 is 81.3. The first-order valence-electron chi connectivity index (χ1n) is 20.8. The van der Waals surface area contributed by atoms with Gasteiger partial charge in [0, 0.05) is 34.1 Å². The summed E-state index contributed by atoms with van der Waals surface area (Å²) in [5.41, 5.74) is 7.28. The van der Waals surface area contributed by atoms with Gasteiger partial charge in [0.25, 0.3) is 0 Å². The van der Waals surface area contributed by atoms with Gasteiger partial charge in [-0.3, -0.25) is 0 Å². The van der Waals surface area contributed by atoms with Gasteiger partial charge in [-0.25, -0.2) is 0 Å². The number of rotatable bonds is 15. The minimum absolute atomic E-state index is 0.0201. The van der Waals surface area contributed by atoms with Gasteiger partial charge in [-0.1, -0.05) is 109 Å². The zero-order chi connectivity index (χ0) is 43.3. The summed E-state index contributed by atoms with van der Waals surface area (Å²) in [4.78, 5) is 3.91. The molecule has 0 aliphatic rings. The zero-order valence-corrected chi connectivity index (χ0v) is 35.3. The van der Waals surface area contributed by atoms with Crippen molar-refractivity contribution in [3.63, 3.8) is 0 Å². The second-order valence-electron chi connectivity index (χ2n) is 16.6. The fourth-order valence-electron chi connectivity index (χ4n) is 8.46. The third-order valence-corrected chi connectivity index (χ3v) is 11.7. The number of anilines is 6. The maximum absolute atomic E-state index is 13.6. The van der Waals surface area contributed by atoms with E-state index in [-0.39, 0.29) is 10.8 Å². The van der Waals surface area contributed by atoms with Crippen LogP contribution in [0.2, 0.25) is 0 Å². The molecule has 0 amide bonds. The molecule has 60 heavy (non-hydrogen) atoms. The minimum atomic E-state index is -4.45. The van der Waals surface area contributed by atoms with E-state index in [1.165, 1.54) is 35.4 Å². The molecule has 8 heteroatoms. The molecular weight excluding hydrogens is 767 g/mol. The molecule has 6 rings (SSSR count). The monoisotopic (exact) mass is 820 g/mol. The van der Waals surface area contributed by atoms with E-state index in [1.807, 2.05) is 82.6 Å². The van der Waals surface area contributed by atoms with Crippen LogP contribution in [-0.2, 0) is 23.2 Å². The van der Waals surface area contributed by atoms with E-state index in [9.17, 15) is 26.3 Å². The normalized spacial score (nSPS) is 12.4. The van der Waals surface area contributed by atoms with Crippen molar-refractivity contribution in [1.29, 1.82) is 0 Å². The van der Waals surface area contributed by atoms with E-state index >= 15 is 0 Å². The first-order valence-corrected chi connectivity index (χ1v) is 20.8. The molecule has 0 atom stereocenters. The summed E-state index contributed by atoms with van der Waals surface area (Å²) in [6.07, 6.45) is -2.58. The molecule has 0 N–H and O–H groups in total. The van der Waals surface area contributed by atoms with E-state index in [1.54, 1.807) is 0 Å². The average Bonchev–Trinajstić information content (AvgIpc) is 3.22. The van der Waals surface area contributed by atoms with Crippen LogP contribution in [0.1, 0.15) is 102 Å². The van der Waals surface area contributed by atoms with Crippen LogP contribution in [0.4, 0.5) is 60.5 Å². The van der Waals surface area contributed by atoms with Crippen LogP contribution in [-0.4, -0.2) is 0 Å². The van der Waals surface area contributed by atoms with Gasteiger partial charge >= 0.3 is 12.4 Å². The minimum Gasteiger partial charge on any atom is -0.311 e. The van der Waals surface area contributed by atoms with Gasteiger partial charge in [-0.2, -0.15) is 26.3 Å². The maximum Gasteiger partial charge on any atom is 0.416 e. The molecule has 6 aromatic rings. The molecule has 0 fully saturated rings. The second-order valence-corrected chi connectivity index (χ2v) is 16.6. The van der Waals surface area contributed by atoms with Crippen molar-refractivity contribution < 1.29 is 26.3 Å². The molecule has 0 aromatic heterocycles. The van der Waals surface area contributed by atoms with Crippen molar-refractivity contribution in [2.75, 3.05) is 9.80 Å². The maximum atomic E-state index is 13.6. The van der Waals surface area contributed by atoms with Crippen molar-refractivity contribution in [2.24, 2.45) is 0 Å². The Bertz CT molecular complexity index is 2270. The zero-order valence-electron chi connectivity index (χ0n) is 35.3. The molecule has 314 valence electrons. The Hall–Kier alpha value is -5.50. The smallest absolute Gasteiger partial charge is 0.311 e. The van der Waals surface area contributed by atoms with E-state index in [0.29, 0.717) is 11.4 Å². The lowest BCUT2D eigenvalue weighted by atomic mass is 9.75. The van der Waals surface area contributed by atoms with Crippen molar-refractivity contribution in [2.45, 2.75) is 103 Å². The fraction of sp³-hybridized carbons (Fsp3) is 0.308. The lowest BCUT2D eigenvalue weighted by Crippen LogP contribution is -2.21. The molecule has 0 bridgehead atoms. The van der Waals surface area contributed by atoms with Crippen molar-refractivity contribution in [1.82, 2.24) is 0 Å². The molecule has 0 aliphatic carbocycles. The number of hydrogen-bond acceptors (Lipinski definition) is 2. The summed E-state index contributed by atoms with van der Waals surface area (Å²) in [7, 11) is 0. The van der Waals surface area contributed by atoms with Gasteiger partial charge in [0.1, 0.15) is 0 Å². The topological polar surface area (TPSA) is 6.48 Å². The van der Waals surface area contributed by atoms with Crippen LogP contribution < -0.4 is 9.80 Å². The van der Waals surface area contributed by atoms with Gasteiger partial charge < -0.3 is 9.80 Å². The molecule has 0 spiro atoms. The van der Waals surface area contributed by atoms with Crippen LogP contribution >= 0.6 is 0 Å². The molecule has 0 heterocycles. The van der Waals surface area contributed by atoms with Crippen molar-refractivity contribution >= 4 is 34.1 Å². The third-order valence-electron chi connectivity index (χ3n) is 11.7. The van der Waals surface area contributed by atoms with Gasteiger partial charge in [0.05, 0.1) is 11.1 Å². The van der Waals surface area contributed by atoms with Crippen LogP contribution in [0, 0.1) is 0 Å². The molecule has 0 saturated carbocycles. The summed E-state index contributed by atoms with van der Waals surface area (Å²) in [6, 6.07) is 42.8. The fourth-order valence-corrected chi connectivity index (χ4v) is 8.46. The molecule has 0 unspecified atom stereocenters. The Morgan fingerprint density at radius 1 is 0.333 bits per heavy atom. The number of nitrogens with zero attached hydrogens (tertiary/aromatic N) is 2. The van der Waals surface area contributed by atoms with Gasteiger partial charge in [0.2, 0.25) is 0 Å². The molecular formula is C52H54F6N2. The Balaban J connectivity index is 1.33. The third kappa shape index (κ3) is 9.92. The van der Waals surface area contributed by atoms with E-state index < -0.39 is 23.5 Å². The van der Waals surface area contributed by atoms with Crippen LogP contribution in [0.3, 0.4) is 0 Å². The number of halogens is 6. The summed E-state index contributed by atoms with van der Waals surface area (Å²) in [6.45, 7) is 13.3. The molecule has 0 radical (unpaired) electrons. The lowest BCUT2D eigenvalue weighted by molar-refractivity contribution is -0.138. The van der Waals surface area contributed by atoms with E-state index in [2.05, 4.69) is 65.8 Å². The summed E-state index contributed by atoms with van der Waals surface area (Å²) in [5.74, 6) is 0. The first-order chi connectivity index (χ1) is 28.5. The van der Waals surface area contributed by atoms with Gasteiger partial charge in [0.15, 0.2) is 0 Å². The van der Waals surface area contributed by atoms with Crippen molar-refractivity contribution in [3.05, 3.63) is 168 Å². The van der Waals surface area contributed by atoms with Crippen LogP contribution in [0.25, 0.3) is 11.1 Å². The summed E-state index contributed by atoms with van der Waals surface area (Å²) >= 11 is 0. The predicted molar refractivity (Wildman–Crippen MR) is 236 cm³/mol. The van der Waals surface area contributed by atoms with Crippen LogP contribution in [0.15, 0.2) is 146 Å². The van der Waals surface area contributed by atoms with E-state index in [4.69, 9.17) is 0 Å². The van der Waals surface area contributed by atoms with Gasteiger partial charge in [-0.15, -0.1) is 0 Å². The molecule has 0 aliphatic heterocycles. The highest BCUT2D eigenvalue weighted by Gasteiger charge is 2.32. The van der Waals surface area contributed by atoms with Gasteiger partial charge in [-0.05, 0) is 149 Å². The van der Waals surface area contributed by atoms with Crippen LogP contribution in [0.5, 0.6) is 0 Å². The Morgan fingerprint density at radius 2 is 0.583 bits per heavy atom. The van der Waals surface area contributed by atoms with Crippen molar-refractivity contribution in [3.8, 4) is 11.1 Å². The Morgan fingerprint density at radius 3 is 0.850 bits per heavy atom. The Labute approximate surface area is 351 Å². The highest BCUT2D eigenvalue weighted by molar-refractivity contribution is 5.81. The molecule has 6 aromatic carbocycles. The molecule has 2 nitrogen and oxygen atoms in total. The molecule has 0 saturated heterocycles. The first kappa shape index (κ1) is 44.1. The second kappa shape index (κ2) is 18.0. The predicted octanol–water partition coefficient (Wildman–Crippen LogP) is 17.3. The standard InChI is InChI=1S/C52H54F6N2/c1-7-34-49(4,5)39-14-26-45(27-15-39)59(47-30-18-41(19-31-47)51(53,54)55)43-22-10-37(11-23-43)38-12-24-44(25-13-38)60(48-32-20-42(21-33-48)52(56,57)58)46-28-16-40(17-29-46)50(6,35-8-2)36-9-3/h10-33H,7-9,34-36H2,1-6H3. The SMILES string of the molecule is CCCC(C)(C)c1ccc(N(c2ccc(-c3ccc(N(c4ccc(C(F)(F)F)cc4)c4ccc(C(C)(CCC)CCC)cc4)cc3)cc2)c2ccc(C(F)(F)F)cc2)cc1. The summed E-state index contributed by atoms with van der Waals surface area (Å²) in [5, 5.41) is 0.